The molecule has 6 heteroatoms. The number of hydrogen-bond donors (Lipinski definition) is 1. The Kier molecular flexibility index (Phi) is 4.70. The molecule has 1 aromatic heterocycles. The van der Waals surface area contributed by atoms with Crippen LogP contribution in [0.4, 0.5) is 0 Å². The van der Waals surface area contributed by atoms with E-state index in [1.165, 1.54) is 10.9 Å². The van der Waals surface area contributed by atoms with Gasteiger partial charge in [0, 0.05) is 42.5 Å². The summed E-state index contributed by atoms with van der Waals surface area (Å²) in [4.78, 5) is 5.66. The van der Waals surface area contributed by atoms with Crippen LogP contribution in [-0.4, -0.2) is 51.5 Å². The van der Waals surface area contributed by atoms with Crippen molar-refractivity contribution in [1.82, 2.24) is 9.88 Å². The van der Waals surface area contributed by atoms with Crippen molar-refractivity contribution in [2.24, 2.45) is 0 Å². The minimum absolute atomic E-state index is 0.0675. The topological polar surface area (TPSA) is 68.4 Å². The first-order valence-electron chi connectivity index (χ1n) is 7.17. The predicted molar refractivity (Wildman–Crippen MR) is 81.9 cm³/mol. The molecule has 5 nitrogen and oxygen atoms in total. The molecule has 1 aromatic carbocycles. The van der Waals surface area contributed by atoms with Crippen molar-refractivity contribution in [2.45, 2.75) is 12.2 Å². The largest absolute Gasteiger partial charge is 0.772 e. The summed E-state index contributed by atoms with van der Waals surface area (Å²) in [6, 6.07) is 5.83. The maximum absolute atomic E-state index is 10.8. The SMILES string of the molecule is O=S([O-])Cc1ccc2c(CCN3CCOCC3)c[nH]c2c1. The van der Waals surface area contributed by atoms with Gasteiger partial charge in [0.25, 0.3) is 0 Å². The van der Waals surface area contributed by atoms with Gasteiger partial charge in [-0.3, -0.25) is 9.11 Å². The third-order valence-electron chi connectivity index (χ3n) is 3.92. The van der Waals surface area contributed by atoms with Crippen LogP contribution in [0.3, 0.4) is 0 Å². The molecule has 114 valence electrons. The van der Waals surface area contributed by atoms with Gasteiger partial charge in [0.15, 0.2) is 0 Å². The summed E-state index contributed by atoms with van der Waals surface area (Å²) in [6.07, 6.45) is 3.02. The summed E-state index contributed by atoms with van der Waals surface area (Å²) in [7, 11) is 0. The predicted octanol–water partition coefficient (Wildman–Crippen LogP) is 1.42. The van der Waals surface area contributed by atoms with E-state index in [0.29, 0.717) is 0 Å². The fraction of sp³-hybridized carbons (Fsp3) is 0.467. The van der Waals surface area contributed by atoms with Crippen LogP contribution in [0.25, 0.3) is 10.9 Å². The highest BCUT2D eigenvalue weighted by Gasteiger charge is 2.11. The number of aromatic amines is 1. The number of morpholine rings is 1. The summed E-state index contributed by atoms with van der Waals surface area (Å²) in [6.45, 7) is 4.68. The molecule has 2 heterocycles. The summed E-state index contributed by atoms with van der Waals surface area (Å²) < 4.78 is 26.9. The highest BCUT2D eigenvalue weighted by atomic mass is 32.2. The molecule has 0 aliphatic carbocycles. The van der Waals surface area contributed by atoms with E-state index in [-0.39, 0.29) is 5.75 Å². The van der Waals surface area contributed by atoms with Gasteiger partial charge in [0.2, 0.25) is 0 Å². The molecule has 1 saturated heterocycles. The van der Waals surface area contributed by atoms with Gasteiger partial charge in [-0.1, -0.05) is 23.2 Å². The second-order valence-electron chi connectivity index (χ2n) is 5.35. The normalized spacial score (nSPS) is 18.1. The fourth-order valence-electron chi connectivity index (χ4n) is 2.77. The molecule has 2 aromatic rings. The maximum atomic E-state index is 10.8. The first-order valence-corrected chi connectivity index (χ1v) is 8.41. The smallest absolute Gasteiger partial charge is 0.0594 e. The van der Waals surface area contributed by atoms with E-state index >= 15 is 0 Å². The first-order chi connectivity index (χ1) is 10.2. The number of hydrogen-bond acceptors (Lipinski definition) is 4. The number of nitrogens with one attached hydrogen (secondary N) is 1. The highest BCUT2D eigenvalue weighted by molar-refractivity contribution is 7.78. The molecule has 1 atom stereocenters. The molecule has 1 aliphatic heterocycles. The Morgan fingerprint density at radius 2 is 2.14 bits per heavy atom. The molecule has 0 amide bonds. The van der Waals surface area contributed by atoms with Gasteiger partial charge in [0.05, 0.1) is 13.2 Å². The third-order valence-corrected chi connectivity index (χ3v) is 4.49. The van der Waals surface area contributed by atoms with Crippen LogP contribution in [0.5, 0.6) is 0 Å². The van der Waals surface area contributed by atoms with Crippen LogP contribution < -0.4 is 0 Å². The summed E-state index contributed by atoms with van der Waals surface area (Å²) in [5, 5.41) is 1.18. The number of ether oxygens (including phenoxy) is 1. The molecule has 3 rings (SSSR count). The van der Waals surface area contributed by atoms with Gasteiger partial charge in [-0.2, -0.15) is 0 Å². The average Bonchev–Trinajstić information content (AvgIpc) is 2.88. The molecule has 1 fully saturated rings. The van der Waals surface area contributed by atoms with Crippen molar-refractivity contribution in [3.8, 4) is 0 Å². The Balaban J connectivity index is 1.69. The molecular weight excluding hydrogens is 288 g/mol. The van der Waals surface area contributed by atoms with Crippen LogP contribution in [0.15, 0.2) is 24.4 Å². The lowest BCUT2D eigenvalue weighted by atomic mass is 10.1. The Morgan fingerprint density at radius 3 is 2.90 bits per heavy atom. The van der Waals surface area contributed by atoms with Gasteiger partial charge in [-0.05, 0) is 23.6 Å². The lowest BCUT2D eigenvalue weighted by Gasteiger charge is -2.26. The first kappa shape index (κ1) is 14.7. The van der Waals surface area contributed by atoms with Crippen molar-refractivity contribution in [3.63, 3.8) is 0 Å². The minimum atomic E-state index is -2.04. The highest BCUT2D eigenvalue weighted by Crippen LogP contribution is 2.21. The number of rotatable bonds is 5. The van der Waals surface area contributed by atoms with Gasteiger partial charge >= 0.3 is 0 Å². The Hall–Kier alpha value is -1.21. The molecular formula is C15H19N2O3S-. The van der Waals surface area contributed by atoms with Crippen molar-refractivity contribution < 1.29 is 13.5 Å². The number of aromatic nitrogens is 1. The Labute approximate surface area is 126 Å². The molecule has 1 unspecified atom stereocenters. The third kappa shape index (κ3) is 3.71. The second kappa shape index (κ2) is 6.70. The lowest BCUT2D eigenvalue weighted by molar-refractivity contribution is 0.0385. The number of nitrogens with zero attached hydrogens (tertiary/aromatic N) is 1. The van der Waals surface area contributed by atoms with Crippen LogP contribution in [-0.2, 0) is 28.0 Å². The quantitative estimate of drug-likeness (QED) is 0.848. The van der Waals surface area contributed by atoms with E-state index in [1.807, 2.05) is 24.4 Å². The van der Waals surface area contributed by atoms with E-state index in [1.54, 1.807) is 0 Å². The zero-order valence-corrected chi connectivity index (χ0v) is 12.7. The van der Waals surface area contributed by atoms with E-state index in [4.69, 9.17) is 4.74 Å². The van der Waals surface area contributed by atoms with Crippen LogP contribution in [0.2, 0.25) is 0 Å². The van der Waals surface area contributed by atoms with Crippen molar-refractivity contribution in [2.75, 3.05) is 32.8 Å². The molecule has 21 heavy (non-hydrogen) atoms. The lowest BCUT2D eigenvalue weighted by Crippen LogP contribution is -2.37. The van der Waals surface area contributed by atoms with Crippen molar-refractivity contribution in [3.05, 3.63) is 35.5 Å². The summed E-state index contributed by atoms with van der Waals surface area (Å²) in [5.74, 6) is 0.0675. The Morgan fingerprint density at radius 1 is 1.33 bits per heavy atom. The van der Waals surface area contributed by atoms with E-state index in [2.05, 4.69) is 9.88 Å². The molecule has 0 saturated carbocycles. The van der Waals surface area contributed by atoms with Crippen LogP contribution in [0.1, 0.15) is 11.1 Å². The van der Waals surface area contributed by atoms with E-state index in [0.717, 1.165) is 50.3 Å². The molecule has 0 spiro atoms. The van der Waals surface area contributed by atoms with Gasteiger partial charge in [-0.25, -0.2) is 0 Å². The summed E-state index contributed by atoms with van der Waals surface area (Å²) in [5.41, 5.74) is 3.11. The fourth-order valence-corrected chi connectivity index (χ4v) is 3.22. The minimum Gasteiger partial charge on any atom is -0.772 e. The van der Waals surface area contributed by atoms with Crippen LogP contribution in [0, 0.1) is 0 Å². The summed E-state index contributed by atoms with van der Waals surface area (Å²) >= 11 is -2.04. The van der Waals surface area contributed by atoms with Gasteiger partial charge < -0.3 is 14.3 Å². The molecule has 0 radical (unpaired) electrons. The van der Waals surface area contributed by atoms with E-state index < -0.39 is 11.1 Å². The van der Waals surface area contributed by atoms with E-state index in [9.17, 15) is 8.76 Å². The molecule has 1 aliphatic rings. The van der Waals surface area contributed by atoms with Gasteiger partial charge in [0.1, 0.15) is 0 Å². The zero-order valence-electron chi connectivity index (χ0n) is 11.8. The Bertz CT molecular complexity index is 635. The molecule has 1 N–H and O–H groups in total. The number of H-pyrrole nitrogens is 1. The molecule has 0 bridgehead atoms. The zero-order chi connectivity index (χ0) is 14.7. The maximum Gasteiger partial charge on any atom is 0.0594 e. The van der Waals surface area contributed by atoms with Crippen LogP contribution >= 0.6 is 0 Å². The van der Waals surface area contributed by atoms with Gasteiger partial charge in [-0.15, -0.1) is 0 Å². The monoisotopic (exact) mass is 307 g/mol. The van der Waals surface area contributed by atoms with Crippen molar-refractivity contribution >= 4 is 22.0 Å². The number of benzene rings is 1. The second-order valence-corrected chi connectivity index (χ2v) is 6.24. The number of fused-ring (bicyclic) bond motifs is 1. The standard InChI is InChI=1S/C15H20N2O3S/c18-21(19)11-12-1-2-14-13(10-16-15(14)9-12)3-4-17-5-7-20-8-6-17/h1-2,9-10,16H,3-8,11H2,(H,18,19)/p-1. The average molecular weight is 307 g/mol. The van der Waals surface area contributed by atoms with Crippen molar-refractivity contribution in [1.29, 1.82) is 0 Å².